The highest BCUT2D eigenvalue weighted by atomic mass is 32.3. The van der Waals surface area contributed by atoms with Crippen LogP contribution >= 0.6 is 11.8 Å². The third-order valence-electron chi connectivity index (χ3n) is 5.14. The molecule has 2 N–H and O–H groups in total. The minimum atomic E-state index is -4.22. The van der Waals surface area contributed by atoms with Crippen molar-refractivity contribution in [1.82, 2.24) is 4.90 Å². The fourth-order valence-electron chi connectivity index (χ4n) is 3.49. The number of benzene rings is 1. The molecule has 1 amide bonds. The Bertz CT molecular complexity index is 1220. The summed E-state index contributed by atoms with van der Waals surface area (Å²) in [5.74, 6) is -0.690. The standard InChI is InChI=1S/C20H24N2O8S3/c1-4-22(20(24)30-13(3)29-18(23)14-8-6-5-7-9-14)16-11-17(33(21,27)28)31-19-15(16)10-12(2)32(19,25)26/h5-9,11-13,16H,4,10H2,1-3H3,(H2,21,27,28)/t12-,13?,16-/m0/s1. The average Bonchev–Trinajstić information content (AvgIpc) is 2.97. The second kappa shape index (κ2) is 9.49. The number of sulfone groups is 1. The van der Waals surface area contributed by atoms with E-state index in [1.54, 1.807) is 37.3 Å². The van der Waals surface area contributed by atoms with Crippen molar-refractivity contribution in [3.63, 3.8) is 0 Å². The zero-order valence-corrected chi connectivity index (χ0v) is 20.6. The van der Waals surface area contributed by atoms with E-state index in [4.69, 9.17) is 14.6 Å². The van der Waals surface area contributed by atoms with Crippen LogP contribution in [0, 0.1) is 0 Å². The summed E-state index contributed by atoms with van der Waals surface area (Å²) < 4.78 is 59.4. The van der Waals surface area contributed by atoms with Crippen molar-refractivity contribution in [3.05, 3.63) is 56.0 Å². The number of ether oxygens (including phenoxy) is 2. The first kappa shape index (κ1) is 25.3. The van der Waals surface area contributed by atoms with Crippen LogP contribution < -0.4 is 5.14 Å². The number of carbonyl (C=O) groups excluding carboxylic acids is 2. The zero-order valence-electron chi connectivity index (χ0n) is 18.1. The van der Waals surface area contributed by atoms with Gasteiger partial charge in [0.1, 0.15) is 8.47 Å². The molecule has 0 spiro atoms. The fourth-order valence-corrected chi connectivity index (χ4v) is 7.95. The summed E-state index contributed by atoms with van der Waals surface area (Å²) in [6, 6.07) is 7.14. The summed E-state index contributed by atoms with van der Waals surface area (Å²) in [7, 11) is -7.98. The molecule has 33 heavy (non-hydrogen) atoms. The number of thioether (sulfide) groups is 1. The van der Waals surface area contributed by atoms with Crippen LogP contribution in [0.4, 0.5) is 4.79 Å². The van der Waals surface area contributed by atoms with Crippen molar-refractivity contribution < 1.29 is 35.9 Å². The first-order valence-corrected chi connectivity index (χ1v) is 13.9. The van der Waals surface area contributed by atoms with Crippen LogP contribution in [-0.4, -0.2) is 57.9 Å². The molecular formula is C20H24N2O8S3. The van der Waals surface area contributed by atoms with Gasteiger partial charge < -0.3 is 9.47 Å². The maximum absolute atomic E-state index is 12.9. The van der Waals surface area contributed by atoms with Gasteiger partial charge in [-0.15, -0.1) is 0 Å². The number of hydrogen-bond acceptors (Lipinski definition) is 9. The van der Waals surface area contributed by atoms with Crippen LogP contribution in [0.5, 0.6) is 0 Å². The lowest BCUT2D eigenvalue weighted by molar-refractivity contribution is -0.0698. The van der Waals surface area contributed by atoms with Crippen molar-refractivity contribution in [2.24, 2.45) is 5.14 Å². The van der Waals surface area contributed by atoms with E-state index >= 15 is 0 Å². The molecular weight excluding hydrogens is 492 g/mol. The highest BCUT2D eigenvalue weighted by Crippen LogP contribution is 2.48. The molecule has 0 aromatic heterocycles. The molecule has 2 aliphatic heterocycles. The van der Waals surface area contributed by atoms with E-state index in [9.17, 15) is 26.4 Å². The quantitative estimate of drug-likeness (QED) is 0.444. The van der Waals surface area contributed by atoms with Crippen LogP contribution in [0.1, 0.15) is 37.6 Å². The lowest BCUT2D eigenvalue weighted by Crippen LogP contribution is -2.43. The molecule has 1 aromatic rings. The van der Waals surface area contributed by atoms with Gasteiger partial charge in [0.15, 0.2) is 9.84 Å². The first-order chi connectivity index (χ1) is 15.4. The predicted octanol–water partition coefficient (Wildman–Crippen LogP) is 2.31. The van der Waals surface area contributed by atoms with Crippen molar-refractivity contribution >= 4 is 43.7 Å². The predicted molar refractivity (Wildman–Crippen MR) is 123 cm³/mol. The molecule has 0 saturated carbocycles. The monoisotopic (exact) mass is 516 g/mol. The van der Waals surface area contributed by atoms with Crippen molar-refractivity contribution in [2.45, 2.75) is 44.8 Å². The second-order valence-corrected chi connectivity index (χ2v) is 12.9. The minimum Gasteiger partial charge on any atom is -0.422 e. The van der Waals surface area contributed by atoms with Gasteiger partial charge in [-0.3, -0.25) is 4.90 Å². The Balaban J connectivity index is 1.85. The summed E-state index contributed by atoms with van der Waals surface area (Å²) in [4.78, 5) is 26.3. The van der Waals surface area contributed by atoms with Crippen LogP contribution in [0.3, 0.4) is 0 Å². The third-order valence-corrected chi connectivity index (χ3v) is 10.5. The highest BCUT2D eigenvalue weighted by Gasteiger charge is 2.45. The van der Waals surface area contributed by atoms with E-state index in [2.05, 4.69) is 0 Å². The Labute approximate surface area is 196 Å². The number of amides is 1. The van der Waals surface area contributed by atoms with Crippen molar-refractivity contribution in [1.29, 1.82) is 0 Å². The Morgan fingerprint density at radius 3 is 2.45 bits per heavy atom. The van der Waals surface area contributed by atoms with Crippen LogP contribution in [0.25, 0.3) is 0 Å². The summed E-state index contributed by atoms with van der Waals surface area (Å²) in [6.45, 7) is 4.57. The van der Waals surface area contributed by atoms with E-state index in [1.165, 1.54) is 24.8 Å². The van der Waals surface area contributed by atoms with E-state index < -0.39 is 49.5 Å². The summed E-state index contributed by atoms with van der Waals surface area (Å²) in [5, 5.41) is 4.49. The number of carbonyl (C=O) groups is 2. The summed E-state index contributed by atoms with van der Waals surface area (Å²) in [5.41, 5.74) is 0.672. The summed E-state index contributed by atoms with van der Waals surface area (Å²) >= 11 is 0.575. The smallest absolute Gasteiger partial charge is 0.413 e. The largest absolute Gasteiger partial charge is 0.422 e. The van der Waals surface area contributed by atoms with E-state index in [1.807, 2.05) is 0 Å². The maximum Gasteiger partial charge on any atom is 0.413 e. The number of sulfonamides is 1. The van der Waals surface area contributed by atoms with E-state index in [-0.39, 0.29) is 27.0 Å². The Morgan fingerprint density at radius 1 is 1.24 bits per heavy atom. The van der Waals surface area contributed by atoms with Crippen molar-refractivity contribution in [2.75, 3.05) is 6.54 Å². The molecule has 0 bridgehead atoms. The van der Waals surface area contributed by atoms with Gasteiger partial charge >= 0.3 is 12.1 Å². The van der Waals surface area contributed by atoms with Gasteiger partial charge in [0.25, 0.3) is 0 Å². The number of nitrogens with zero attached hydrogens (tertiary/aromatic N) is 1. The molecule has 2 heterocycles. The lowest BCUT2D eigenvalue weighted by atomic mass is 10.0. The number of hydrogen-bond donors (Lipinski definition) is 1. The highest BCUT2D eigenvalue weighted by molar-refractivity contribution is 8.27. The van der Waals surface area contributed by atoms with E-state index in [0.29, 0.717) is 17.3 Å². The number of esters is 1. The van der Waals surface area contributed by atoms with Crippen LogP contribution in [-0.2, 0) is 29.3 Å². The first-order valence-electron chi connectivity index (χ1n) is 9.99. The molecule has 1 aromatic carbocycles. The molecule has 0 aliphatic carbocycles. The minimum absolute atomic E-state index is 0.0626. The van der Waals surface area contributed by atoms with Gasteiger partial charge in [-0.1, -0.05) is 30.0 Å². The number of likely N-dealkylation sites (N-methyl/N-ethyl adjacent to an activating group) is 1. The second-order valence-electron chi connectivity index (χ2n) is 7.46. The molecule has 0 saturated heterocycles. The molecule has 13 heteroatoms. The van der Waals surface area contributed by atoms with Gasteiger partial charge in [0.05, 0.1) is 16.9 Å². The normalized spacial score (nSPS) is 22.7. The fraction of sp³-hybridized carbons (Fsp3) is 0.400. The van der Waals surface area contributed by atoms with Gasteiger partial charge in [-0.05, 0) is 44.1 Å². The van der Waals surface area contributed by atoms with Gasteiger partial charge in [0, 0.05) is 13.5 Å². The Morgan fingerprint density at radius 2 is 1.88 bits per heavy atom. The Hall–Kier alpha value is -2.35. The Kier molecular flexibility index (Phi) is 7.27. The molecule has 3 atom stereocenters. The summed E-state index contributed by atoms with van der Waals surface area (Å²) in [6.07, 6.45) is -0.778. The van der Waals surface area contributed by atoms with Gasteiger partial charge in [-0.25, -0.2) is 31.6 Å². The topological polar surface area (TPSA) is 150 Å². The van der Waals surface area contributed by atoms with Gasteiger partial charge in [-0.2, -0.15) is 0 Å². The van der Waals surface area contributed by atoms with Crippen LogP contribution in [0.2, 0.25) is 0 Å². The number of primary sulfonamides is 1. The third kappa shape index (κ3) is 5.26. The maximum atomic E-state index is 12.9. The molecule has 180 valence electrons. The average molecular weight is 517 g/mol. The number of rotatable bonds is 6. The SMILES string of the molecule is CCN(C(=O)OC(C)OC(=O)c1ccccc1)[C@H]1C=C(S(N)(=O)=O)SC2=C1C[C@H](C)S2(=O)=O. The van der Waals surface area contributed by atoms with Crippen molar-refractivity contribution in [3.8, 4) is 0 Å². The van der Waals surface area contributed by atoms with Gasteiger partial charge in [0.2, 0.25) is 16.3 Å². The molecule has 2 aliphatic rings. The molecule has 0 radical (unpaired) electrons. The molecule has 1 unspecified atom stereocenters. The molecule has 3 rings (SSSR count). The number of nitrogens with two attached hydrogens (primary N) is 1. The zero-order chi connectivity index (χ0) is 24.6. The van der Waals surface area contributed by atoms with E-state index in [0.717, 1.165) is 0 Å². The van der Waals surface area contributed by atoms with Crippen LogP contribution in [0.15, 0.2) is 50.5 Å². The molecule has 0 fully saturated rings. The lowest BCUT2D eigenvalue weighted by Gasteiger charge is -2.32. The molecule has 10 nitrogen and oxygen atoms in total.